The molecule has 1 aromatic rings. The highest BCUT2D eigenvalue weighted by Crippen LogP contribution is 2.20. The molecule has 2 rings (SSSR count). The number of rotatable bonds is 2. The van der Waals surface area contributed by atoms with E-state index in [2.05, 4.69) is 10.6 Å². The lowest BCUT2D eigenvalue weighted by Crippen LogP contribution is -2.48. The van der Waals surface area contributed by atoms with Gasteiger partial charge in [-0.25, -0.2) is 0 Å². The van der Waals surface area contributed by atoms with Crippen LogP contribution in [0.4, 0.5) is 5.69 Å². The normalized spacial score (nSPS) is 20.4. The van der Waals surface area contributed by atoms with E-state index in [1.54, 1.807) is 12.1 Å². The van der Waals surface area contributed by atoms with Crippen molar-refractivity contribution in [2.75, 3.05) is 25.1 Å². The van der Waals surface area contributed by atoms with E-state index in [0.717, 1.165) is 0 Å². The first-order valence-corrected chi connectivity index (χ1v) is 5.51. The van der Waals surface area contributed by atoms with Crippen LogP contribution in [0, 0.1) is 0 Å². The van der Waals surface area contributed by atoms with Gasteiger partial charge in [-0.1, -0.05) is 23.7 Å². The Morgan fingerprint density at radius 1 is 1.50 bits per heavy atom. The van der Waals surface area contributed by atoms with Crippen LogP contribution in [0.25, 0.3) is 0 Å². The van der Waals surface area contributed by atoms with E-state index in [-0.39, 0.29) is 11.9 Å². The van der Waals surface area contributed by atoms with Gasteiger partial charge in [0.25, 0.3) is 0 Å². The molecular formula is C11H13ClN2O2. The molecule has 1 aliphatic heterocycles. The lowest BCUT2D eigenvalue weighted by Gasteiger charge is -2.23. The van der Waals surface area contributed by atoms with Crippen molar-refractivity contribution in [1.29, 1.82) is 0 Å². The molecule has 1 aromatic carbocycles. The van der Waals surface area contributed by atoms with Crippen LogP contribution in [0.15, 0.2) is 24.3 Å². The molecule has 0 spiro atoms. The summed E-state index contributed by atoms with van der Waals surface area (Å²) >= 11 is 5.94. The lowest BCUT2D eigenvalue weighted by atomic mass is 10.2. The summed E-state index contributed by atoms with van der Waals surface area (Å²) in [5, 5.41) is 6.38. The van der Waals surface area contributed by atoms with Gasteiger partial charge in [-0.05, 0) is 12.1 Å². The molecule has 5 heteroatoms. The van der Waals surface area contributed by atoms with E-state index < -0.39 is 0 Å². The number of morpholine rings is 1. The standard InChI is InChI=1S/C11H13ClN2O2/c12-8-3-1-2-4-9(8)14-11(15)10-7-16-6-5-13-10/h1-4,10,13H,5-7H2,(H,14,15). The SMILES string of the molecule is O=C(Nc1ccccc1Cl)C1COCCN1. The highest BCUT2D eigenvalue weighted by Gasteiger charge is 2.21. The zero-order valence-electron chi connectivity index (χ0n) is 8.70. The molecule has 0 aliphatic carbocycles. The third-order valence-corrected chi connectivity index (χ3v) is 2.70. The van der Waals surface area contributed by atoms with Gasteiger partial charge in [-0.2, -0.15) is 0 Å². The predicted octanol–water partition coefficient (Wildman–Crippen LogP) is 1.27. The van der Waals surface area contributed by atoms with Crippen molar-refractivity contribution in [2.24, 2.45) is 0 Å². The number of ether oxygens (including phenoxy) is 1. The highest BCUT2D eigenvalue weighted by atomic mass is 35.5. The summed E-state index contributed by atoms with van der Waals surface area (Å²) in [7, 11) is 0. The van der Waals surface area contributed by atoms with Crippen LogP contribution in [0.5, 0.6) is 0 Å². The first-order valence-electron chi connectivity index (χ1n) is 5.14. The summed E-state index contributed by atoms with van der Waals surface area (Å²) in [6.07, 6.45) is 0. The van der Waals surface area contributed by atoms with Crippen LogP contribution in [-0.2, 0) is 9.53 Å². The molecule has 0 aromatic heterocycles. The Labute approximate surface area is 98.9 Å². The minimum absolute atomic E-state index is 0.118. The van der Waals surface area contributed by atoms with Crippen LogP contribution in [-0.4, -0.2) is 31.7 Å². The predicted molar refractivity (Wildman–Crippen MR) is 62.7 cm³/mol. The van der Waals surface area contributed by atoms with Gasteiger partial charge in [0, 0.05) is 6.54 Å². The molecule has 1 aliphatic rings. The molecule has 2 N–H and O–H groups in total. The Bertz CT molecular complexity index is 378. The van der Waals surface area contributed by atoms with Crippen molar-refractivity contribution in [3.05, 3.63) is 29.3 Å². The summed E-state index contributed by atoms with van der Waals surface area (Å²) in [4.78, 5) is 11.8. The number of anilines is 1. The largest absolute Gasteiger partial charge is 0.378 e. The number of carbonyl (C=O) groups excluding carboxylic acids is 1. The van der Waals surface area contributed by atoms with E-state index in [9.17, 15) is 4.79 Å². The number of para-hydroxylation sites is 1. The second kappa shape index (κ2) is 5.30. The van der Waals surface area contributed by atoms with Gasteiger partial charge in [0.15, 0.2) is 0 Å². The van der Waals surface area contributed by atoms with Gasteiger partial charge in [0.2, 0.25) is 5.91 Å². The van der Waals surface area contributed by atoms with Crippen LogP contribution >= 0.6 is 11.6 Å². The Balaban J connectivity index is 1.99. The molecule has 1 saturated heterocycles. The van der Waals surface area contributed by atoms with E-state index in [0.29, 0.717) is 30.5 Å². The topological polar surface area (TPSA) is 50.4 Å². The number of carbonyl (C=O) groups is 1. The van der Waals surface area contributed by atoms with Gasteiger partial charge in [0.1, 0.15) is 6.04 Å². The van der Waals surface area contributed by atoms with Crippen molar-refractivity contribution in [3.8, 4) is 0 Å². The third kappa shape index (κ3) is 2.72. The Morgan fingerprint density at radius 2 is 2.31 bits per heavy atom. The molecule has 86 valence electrons. The number of amides is 1. The first-order chi connectivity index (χ1) is 7.77. The van der Waals surface area contributed by atoms with Gasteiger partial charge in [-0.15, -0.1) is 0 Å². The van der Waals surface area contributed by atoms with Gasteiger partial charge in [-0.3, -0.25) is 4.79 Å². The number of hydrogen-bond acceptors (Lipinski definition) is 3. The quantitative estimate of drug-likeness (QED) is 0.819. The molecule has 0 bridgehead atoms. The fraction of sp³-hybridized carbons (Fsp3) is 0.364. The second-order valence-electron chi connectivity index (χ2n) is 3.55. The number of hydrogen-bond donors (Lipinski definition) is 2. The van der Waals surface area contributed by atoms with Crippen molar-refractivity contribution < 1.29 is 9.53 Å². The average Bonchev–Trinajstić information content (AvgIpc) is 2.33. The van der Waals surface area contributed by atoms with Crippen LogP contribution in [0.2, 0.25) is 5.02 Å². The summed E-state index contributed by atoms with van der Waals surface area (Å²) < 4.78 is 5.21. The Morgan fingerprint density at radius 3 is 3.00 bits per heavy atom. The molecule has 0 saturated carbocycles. The van der Waals surface area contributed by atoms with E-state index >= 15 is 0 Å². The monoisotopic (exact) mass is 240 g/mol. The molecule has 0 radical (unpaired) electrons. The first kappa shape index (κ1) is 11.4. The summed E-state index contributed by atoms with van der Waals surface area (Å²) in [5.41, 5.74) is 0.626. The van der Waals surface area contributed by atoms with Gasteiger partial charge < -0.3 is 15.4 Å². The van der Waals surface area contributed by atoms with Crippen molar-refractivity contribution in [3.63, 3.8) is 0 Å². The zero-order chi connectivity index (χ0) is 11.4. The maximum Gasteiger partial charge on any atom is 0.243 e. The minimum Gasteiger partial charge on any atom is -0.378 e. The molecule has 1 heterocycles. The zero-order valence-corrected chi connectivity index (χ0v) is 9.46. The van der Waals surface area contributed by atoms with Gasteiger partial charge in [0.05, 0.1) is 23.9 Å². The van der Waals surface area contributed by atoms with Crippen molar-refractivity contribution in [2.45, 2.75) is 6.04 Å². The van der Waals surface area contributed by atoms with E-state index in [1.165, 1.54) is 0 Å². The van der Waals surface area contributed by atoms with Crippen molar-refractivity contribution in [1.82, 2.24) is 5.32 Å². The molecule has 1 atom stereocenters. The second-order valence-corrected chi connectivity index (χ2v) is 3.96. The molecule has 16 heavy (non-hydrogen) atoms. The molecule has 1 amide bonds. The maximum absolute atomic E-state index is 11.8. The number of halogens is 1. The number of benzene rings is 1. The molecule has 1 fully saturated rings. The minimum atomic E-state index is -0.301. The summed E-state index contributed by atoms with van der Waals surface area (Å²) in [6, 6.07) is 6.85. The smallest absolute Gasteiger partial charge is 0.243 e. The van der Waals surface area contributed by atoms with Crippen LogP contribution in [0.1, 0.15) is 0 Å². The lowest BCUT2D eigenvalue weighted by molar-refractivity contribution is -0.120. The summed E-state index contributed by atoms with van der Waals surface area (Å²) in [6.45, 7) is 1.74. The molecular weight excluding hydrogens is 228 g/mol. The maximum atomic E-state index is 11.8. The molecule has 1 unspecified atom stereocenters. The van der Waals surface area contributed by atoms with E-state index in [4.69, 9.17) is 16.3 Å². The summed E-state index contributed by atoms with van der Waals surface area (Å²) in [5.74, 6) is -0.118. The fourth-order valence-corrected chi connectivity index (χ4v) is 1.70. The fourth-order valence-electron chi connectivity index (χ4n) is 1.52. The third-order valence-electron chi connectivity index (χ3n) is 2.37. The molecule has 4 nitrogen and oxygen atoms in total. The van der Waals surface area contributed by atoms with Crippen LogP contribution in [0.3, 0.4) is 0 Å². The van der Waals surface area contributed by atoms with Gasteiger partial charge >= 0.3 is 0 Å². The number of nitrogens with one attached hydrogen (secondary N) is 2. The average molecular weight is 241 g/mol. The van der Waals surface area contributed by atoms with E-state index in [1.807, 2.05) is 12.1 Å². The Hall–Kier alpha value is -1.10. The van der Waals surface area contributed by atoms with Crippen LogP contribution < -0.4 is 10.6 Å². The highest BCUT2D eigenvalue weighted by molar-refractivity contribution is 6.33. The van der Waals surface area contributed by atoms with Crippen molar-refractivity contribution >= 4 is 23.2 Å². The Kier molecular flexibility index (Phi) is 3.77.